The number of aromatic nitrogens is 2. The van der Waals surface area contributed by atoms with Crippen LogP contribution >= 0.6 is 15.9 Å². The lowest BCUT2D eigenvalue weighted by molar-refractivity contribution is 0.0637. The number of carbonyl (C=O) groups is 1. The molecule has 1 rings (SSSR count). The summed E-state index contributed by atoms with van der Waals surface area (Å²) in [5.41, 5.74) is 0.632. The number of hydrogen-bond donors (Lipinski definition) is 0. The van der Waals surface area contributed by atoms with Gasteiger partial charge in [0.1, 0.15) is 5.69 Å². The van der Waals surface area contributed by atoms with E-state index in [1.54, 1.807) is 18.0 Å². The maximum absolute atomic E-state index is 12.1. The van der Waals surface area contributed by atoms with Crippen molar-refractivity contribution in [3.8, 4) is 0 Å². The van der Waals surface area contributed by atoms with Crippen molar-refractivity contribution in [1.82, 2.24) is 9.78 Å². The van der Waals surface area contributed by atoms with Gasteiger partial charge in [-0.25, -0.2) is 0 Å². The second-order valence-corrected chi connectivity index (χ2v) is 4.70. The molecule has 1 aromatic heterocycles. The molecule has 0 saturated heterocycles. The van der Waals surface area contributed by atoms with E-state index in [0.717, 1.165) is 17.4 Å². The minimum absolute atomic E-state index is 0.0465. The van der Waals surface area contributed by atoms with Gasteiger partial charge < -0.3 is 9.47 Å². The summed E-state index contributed by atoms with van der Waals surface area (Å²) in [4.78, 5) is 12.1. The zero-order valence-electron chi connectivity index (χ0n) is 10.8. The normalized spacial score (nSPS) is 10.8. The number of nitrogens with zero attached hydrogens (tertiary/aromatic N) is 2. The highest BCUT2D eigenvalue weighted by molar-refractivity contribution is 9.10. The molecule has 0 unspecified atom stereocenters. The number of ether oxygens (including phenoxy) is 2. The molecule has 0 aromatic carbocycles. The Morgan fingerprint density at radius 2 is 2.22 bits per heavy atom. The number of aryl methyl sites for hydroxylation is 1. The number of rotatable bonds is 9. The first-order chi connectivity index (χ1) is 8.70. The second kappa shape index (κ2) is 8.39. The summed E-state index contributed by atoms with van der Waals surface area (Å²) in [7, 11) is 1.62. The topological polar surface area (TPSA) is 53.4 Å². The predicted octanol–water partition coefficient (Wildman–Crippen LogP) is 2.29. The third kappa shape index (κ3) is 4.51. The molecule has 0 fully saturated rings. The van der Waals surface area contributed by atoms with Crippen molar-refractivity contribution in [3.05, 3.63) is 16.4 Å². The third-order valence-electron chi connectivity index (χ3n) is 2.40. The molecule has 0 saturated carbocycles. The summed E-state index contributed by atoms with van der Waals surface area (Å²) in [6.45, 7) is 4.27. The van der Waals surface area contributed by atoms with E-state index in [-0.39, 0.29) is 5.78 Å². The van der Waals surface area contributed by atoms with Gasteiger partial charge in [-0.05, 0) is 22.4 Å². The lowest BCUT2D eigenvalue weighted by atomic mass is 10.2. The third-order valence-corrected chi connectivity index (χ3v) is 2.98. The summed E-state index contributed by atoms with van der Waals surface area (Å²) in [5, 5.41) is 4.17. The molecule has 0 atom stereocenters. The van der Waals surface area contributed by atoms with Crippen molar-refractivity contribution in [2.24, 2.45) is 0 Å². The smallest absolute Gasteiger partial charge is 0.184 e. The molecule has 0 aliphatic carbocycles. The van der Waals surface area contributed by atoms with E-state index in [1.807, 2.05) is 0 Å². The summed E-state index contributed by atoms with van der Waals surface area (Å²) >= 11 is 3.36. The van der Waals surface area contributed by atoms with Gasteiger partial charge in [0.25, 0.3) is 0 Å². The van der Waals surface area contributed by atoms with Crippen LogP contribution < -0.4 is 0 Å². The number of ketones is 1. The highest BCUT2D eigenvalue weighted by Gasteiger charge is 2.16. The lowest BCUT2D eigenvalue weighted by Crippen LogP contribution is -2.14. The fraction of sp³-hybridized carbons (Fsp3) is 0.667. The summed E-state index contributed by atoms with van der Waals surface area (Å²) < 4.78 is 12.6. The van der Waals surface area contributed by atoms with Gasteiger partial charge in [0.15, 0.2) is 5.78 Å². The molecule has 0 spiro atoms. The maximum atomic E-state index is 12.1. The van der Waals surface area contributed by atoms with Gasteiger partial charge in [-0.1, -0.05) is 6.92 Å². The molecule has 0 aliphatic rings. The summed E-state index contributed by atoms with van der Waals surface area (Å²) in [5.74, 6) is 0.0465. The van der Waals surface area contributed by atoms with Crippen molar-refractivity contribution in [3.63, 3.8) is 0 Å². The van der Waals surface area contributed by atoms with Crippen LogP contribution in [0, 0.1) is 0 Å². The van der Waals surface area contributed by atoms with E-state index in [2.05, 4.69) is 28.0 Å². The number of hydrogen-bond acceptors (Lipinski definition) is 4. The number of methoxy groups -OCH3 is 1. The summed E-state index contributed by atoms with van der Waals surface area (Å²) in [6.07, 6.45) is 2.96. The van der Waals surface area contributed by atoms with E-state index < -0.39 is 0 Å². The van der Waals surface area contributed by atoms with E-state index in [9.17, 15) is 4.79 Å². The Kier molecular flexibility index (Phi) is 7.15. The average molecular weight is 319 g/mol. The van der Waals surface area contributed by atoms with E-state index >= 15 is 0 Å². The minimum Gasteiger partial charge on any atom is -0.382 e. The summed E-state index contributed by atoms with van der Waals surface area (Å²) in [6, 6.07) is 0. The van der Waals surface area contributed by atoms with Crippen LogP contribution in [0.25, 0.3) is 0 Å². The van der Waals surface area contributed by atoms with Crippen molar-refractivity contribution < 1.29 is 14.3 Å². The highest BCUT2D eigenvalue weighted by Crippen LogP contribution is 2.18. The Bertz CT molecular complexity index is 379. The zero-order valence-corrected chi connectivity index (χ0v) is 12.4. The quantitative estimate of drug-likeness (QED) is 0.518. The molecule has 6 heteroatoms. The number of Topliss-reactive ketones (excluding diaryl/α,β-unsaturated/α-hetero) is 1. The molecular weight excluding hydrogens is 300 g/mol. The lowest BCUT2D eigenvalue weighted by Gasteiger charge is -2.06. The van der Waals surface area contributed by atoms with Crippen LogP contribution in [0.5, 0.6) is 0 Å². The molecule has 0 bridgehead atoms. The van der Waals surface area contributed by atoms with Gasteiger partial charge in [-0.2, -0.15) is 5.10 Å². The maximum Gasteiger partial charge on any atom is 0.184 e. The minimum atomic E-state index is 0.0465. The van der Waals surface area contributed by atoms with Crippen LogP contribution in [-0.4, -0.2) is 42.5 Å². The Morgan fingerprint density at radius 3 is 2.89 bits per heavy atom. The number of carbonyl (C=O) groups excluding carboxylic acids is 1. The van der Waals surface area contributed by atoms with Gasteiger partial charge in [0, 0.05) is 20.1 Å². The van der Waals surface area contributed by atoms with Crippen LogP contribution in [0.3, 0.4) is 0 Å². The van der Waals surface area contributed by atoms with Gasteiger partial charge >= 0.3 is 0 Å². The zero-order chi connectivity index (χ0) is 13.4. The Balaban J connectivity index is 2.47. The molecule has 5 nitrogen and oxygen atoms in total. The van der Waals surface area contributed by atoms with Gasteiger partial charge in [0.2, 0.25) is 0 Å². The van der Waals surface area contributed by atoms with Gasteiger partial charge in [-0.15, -0.1) is 0 Å². The molecule has 0 amide bonds. The largest absolute Gasteiger partial charge is 0.382 e. The predicted molar refractivity (Wildman–Crippen MR) is 71.9 cm³/mol. The monoisotopic (exact) mass is 318 g/mol. The molecule has 0 radical (unpaired) electrons. The SMILES string of the molecule is CCCn1ncc(Br)c1C(=O)CCOCCOC. The Hall–Kier alpha value is -0.720. The van der Waals surface area contributed by atoms with E-state index in [1.165, 1.54) is 0 Å². The first kappa shape index (κ1) is 15.3. The first-order valence-corrected chi connectivity index (χ1v) is 6.81. The second-order valence-electron chi connectivity index (χ2n) is 3.84. The molecule has 0 aliphatic heterocycles. The van der Waals surface area contributed by atoms with Gasteiger partial charge in [0.05, 0.1) is 30.5 Å². The van der Waals surface area contributed by atoms with Crippen molar-refractivity contribution in [1.29, 1.82) is 0 Å². The standard InChI is InChI=1S/C12H19BrN2O3/c1-3-5-15-12(10(13)9-14-15)11(16)4-6-18-8-7-17-2/h9H,3-8H2,1-2H3. The molecule has 102 valence electrons. The number of halogens is 1. The van der Waals surface area contributed by atoms with Crippen molar-refractivity contribution in [2.45, 2.75) is 26.3 Å². The van der Waals surface area contributed by atoms with Crippen LogP contribution in [0.15, 0.2) is 10.7 Å². The average Bonchev–Trinajstić information content (AvgIpc) is 2.71. The highest BCUT2D eigenvalue weighted by atomic mass is 79.9. The van der Waals surface area contributed by atoms with Crippen LogP contribution in [0.2, 0.25) is 0 Å². The fourth-order valence-electron chi connectivity index (χ4n) is 1.55. The van der Waals surface area contributed by atoms with E-state index in [0.29, 0.717) is 31.9 Å². The Morgan fingerprint density at radius 1 is 1.44 bits per heavy atom. The van der Waals surface area contributed by atoms with Crippen LogP contribution in [-0.2, 0) is 16.0 Å². The van der Waals surface area contributed by atoms with Crippen molar-refractivity contribution >= 4 is 21.7 Å². The van der Waals surface area contributed by atoms with Gasteiger partial charge in [-0.3, -0.25) is 9.48 Å². The van der Waals surface area contributed by atoms with Crippen molar-refractivity contribution in [2.75, 3.05) is 26.9 Å². The van der Waals surface area contributed by atoms with E-state index in [4.69, 9.17) is 9.47 Å². The molecule has 0 N–H and O–H groups in total. The molecule has 18 heavy (non-hydrogen) atoms. The van der Waals surface area contributed by atoms with Crippen LogP contribution in [0.4, 0.5) is 0 Å². The molecular formula is C12H19BrN2O3. The van der Waals surface area contributed by atoms with Crippen LogP contribution in [0.1, 0.15) is 30.3 Å². The Labute approximate surface area is 116 Å². The first-order valence-electron chi connectivity index (χ1n) is 6.01. The fourth-order valence-corrected chi connectivity index (χ4v) is 2.07. The molecule has 1 heterocycles. The molecule has 1 aromatic rings.